The summed E-state index contributed by atoms with van der Waals surface area (Å²) in [5, 5.41) is 5.26. The van der Waals surface area contributed by atoms with Crippen LogP contribution in [0, 0.1) is 0 Å². The molecule has 0 saturated heterocycles. The molecule has 0 atom stereocenters. The third kappa shape index (κ3) is 3.64. The fourth-order valence-corrected chi connectivity index (χ4v) is 2.98. The Kier molecular flexibility index (Phi) is 5.56. The van der Waals surface area contributed by atoms with Crippen molar-refractivity contribution in [1.29, 1.82) is 0 Å². The standard InChI is InChI=1S/C20H22ClNO2/c1-3-14-4-9-18-17(12-14)20(15-5-7-16(21)8-6-15)19(24-18)13-22-10-11-23-2/h4-9,12,22H,3,10-11,13H2,1-2H3. The summed E-state index contributed by atoms with van der Waals surface area (Å²) < 4.78 is 11.2. The van der Waals surface area contributed by atoms with Crippen molar-refractivity contribution in [1.82, 2.24) is 5.32 Å². The smallest absolute Gasteiger partial charge is 0.135 e. The molecule has 0 aliphatic rings. The number of aryl methyl sites for hydroxylation is 1. The number of furan rings is 1. The lowest BCUT2D eigenvalue weighted by molar-refractivity contribution is 0.198. The van der Waals surface area contributed by atoms with Gasteiger partial charge in [-0.3, -0.25) is 0 Å². The second kappa shape index (κ2) is 7.84. The number of nitrogens with one attached hydrogen (secondary N) is 1. The van der Waals surface area contributed by atoms with Crippen LogP contribution in [0.2, 0.25) is 5.02 Å². The molecular weight excluding hydrogens is 322 g/mol. The van der Waals surface area contributed by atoms with Gasteiger partial charge in [-0.1, -0.05) is 36.7 Å². The van der Waals surface area contributed by atoms with E-state index in [1.807, 2.05) is 24.3 Å². The van der Waals surface area contributed by atoms with E-state index < -0.39 is 0 Å². The Bertz CT molecular complexity index is 808. The highest BCUT2D eigenvalue weighted by Crippen LogP contribution is 2.36. The molecule has 0 unspecified atom stereocenters. The molecule has 1 heterocycles. The third-order valence-corrected chi connectivity index (χ3v) is 4.39. The van der Waals surface area contributed by atoms with E-state index in [1.54, 1.807) is 7.11 Å². The molecule has 1 aromatic heterocycles. The highest BCUT2D eigenvalue weighted by molar-refractivity contribution is 6.30. The van der Waals surface area contributed by atoms with E-state index in [0.29, 0.717) is 13.2 Å². The monoisotopic (exact) mass is 343 g/mol. The molecule has 0 radical (unpaired) electrons. The van der Waals surface area contributed by atoms with Gasteiger partial charge >= 0.3 is 0 Å². The maximum absolute atomic E-state index is 6.13. The summed E-state index contributed by atoms with van der Waals surface area (Å²) in [6.07, 6.45) is 1.00. The zero-order chi connectivity index (χ0) is 16.9. The van der Waals surface area contributed by atoms with Crippen molar-refractivity contribution in [2.24, 2.45) is 0 Å². The molecule has 3 aromatic rings. The van der Waals surface area contributed by atoms with Gasteiger partial charge < -0.3 is 14.5 Å². The van der Waals surface area contributed by atoms with E-state index in [0.717, 1.165) is 45.8 Å². The molecule has 4 heteroatoms. The molecule has 1 N–H and O–H groups in total. The van der Waals surface area contributed by atoms with Gasteiger partial charge in [0.05, 0.1) is 13.2 Å². The van der Waals surface area contributed by atoms with Gasteiger partial charge in [-0.05, 0) is 41.8 Å². The summed E-state index contributed by atoms with van der Waals surface area (Å²) in [5.74, 6) is 0.941. The van der Waals surface area contributed by atoms with Gasteiger partial charge in [0.2, 0.25) is 0 Å². The van der Waals surface area contributed by atoms with Gasteiger partial charge in [0.15, 0.2) is 0 Å². The number of ether oxygens (including phenoxy) is 1. The van der Waals surface area contributed by atoms with Crippen LogP contribution < -0.4 is 5.32 Å². The van der Waals surface area contributed by atoms with E-state index in [9.17, 15) is 0 Å². The Balaban J connectivity index is 2.04. The van der Waals surface area contributed by atoms with Gasteiger partial charge in [0, 0.05) is 29.6 Å². The predicted molar refractivity (Wildman–Crippen MR) is 99.6 cm³/mol. The summed E-state index contributed by atoms with van der Waals surface area (Å²) in [5.41, 5.74) is 4.48. The fraction of sp³-hybridized carbons (Fsp3) is 0.300. The average molecular weight is 344 g/mol. The SMILES string of the molecule is CCc1ccc2oc(CNCCOC)c(-c3ccc(Cl)cc3)c2c1. The molecule has 2 aromatic carbocycles. The van der Waals surface area contributed by atoms with Crippen LogP contribution >= 0.6 is 11.6 Å². The number of halogens is 1. The minimum absolute atomic E-state index is 0.664. The van der Waals surface area contributed by atoms with E-state index in [-0.39, 0.29) is 0 Å². The van der Waals surface area contributed by atoms with Crippen molar-refractivity contribution in [3.05, 3.63) is 58.8 Å². The number of hydrogen-bond donors (Lipinski definition) is 1. The van der Waals surface area contributed by atoms with Crippen molar-refractivity contribution < 1.29 is 9.15 Å². The zero-order valence-electron chi connectivity index (χ0n) is 14.1. The quantitative estimate of drug-likeness (QED) is 0.609. The van der Waals surface area contributed by atoms with Crippen molar-refractivity contribution in [2.45, 2.75) is 19.9 Å². The number of methoxy groups -OCH3 is 1. The van der Waals surface area contributed by atoms with Crippen LogP contribution in [-0.2, 0) is 17.7 Å². The molecule has 0 bridgehead atoms. The fourth-order valence-electron chi connectivity index (χ4n) is 2.85. The molecule has 0 fully saturated rings. The lowest BCUT2D eigenvalue weighted by atomic mass is 10.00. The first kappa shape index (κ1) is 17.0. The van der Waals surface area contributed by atoms with Crippen molar-refractivity contribution in [2.75, 3.05) is 20.3 Å². The Labute approximate surface area is 147 Å². The molecular formula is C20H22ClNO2. The molecule has 24 heavy (non-hydrogen) atoms. The van der Waals surface area contributed by atoms with Crippen LogP contribution in [0.4, 0.5) is 0 Å². The maximum atomic E-state index is 6.13. The van der Waals surface area contributed by atoms with Crippen LogP contribution in [0.5, 0.6) is 0 Å². The number of hydrogen-bond acceptors (Lipinski definition) is 3. The van der Waals surface area contributed by atoms with Gasteiger partial charge in [0.25, 0.3) is 0 Å². The Morgan fingerprint density at radius 2 is 1.92 bits per heavy atom. The summed E-state index contributed by atoms with van der Waals surface area (Å²) in [6, 6.07) is 14.3. The van der Waals surface area contributed by atoms with E-state index in [2.05, 4.69) is 30.4 Å². The molecule has 3 rings (SSSR count). The normalized spacial score (nSPS) is 11.3. The first-order valence-corrected chi connectivity index (χ1v) is 8.60. The van der Waals surface area contributed by atoms with Crippen molar-refractivity contribution in [3.63, 3.8) is 0 Å². The Hall–Kier alpha value is -1.81. The highest BCUT2D eigenvalue weighted by atomic mass is 35.5. The lowest BCUT2D eigenvalue weighted by Gasteiger charge is -2.06. The topological polar surface area (TPSA) is 34.4 Å². The van der Waals surface area contributed by atoms with Gasteiger partial charge in [-0.25, -0.2) is 0 Å². The Morgan fingerprint density at radius 1 is 1.12 bits per heavy atom. The summed E-state index contributed by atoms with van der Waals surface area (Å²) in [4.78, 5) is 0. The predicted octanol–water partition coefficient (Wildman–Crippen LogP) is 5.05. The average Bonchev–Trinajstić information content (AvgIpc) is 2.97. The minimum Gasteiger partial charge on any atom is -0.459 e. The third-order valence-electron chi connectivity index (χ3n) is 4.13. The van der Waals surface area contributed by atoms with E-state index in [1.165, 1.54) is 5.56 Å². The van der Waals surface area contributed by atoms with Gasteiger partial charge in [0.1, 0.15) is 11.3 Å². The lowest BCUT2D eigenvalue weighted by Crippen LogP contribution is -2.18. The largest absolute Gasteiger partial charge is 0.459 e. The van der Waals surface area contributed by atoms with E-state index >= 15 is 0 Å². The first-order valence-electron chi connectivity index (χ1n) is 8.22. The van der Waals surface area contributed by atoms with Gasteiger partial charge in [-0.15, -0.1) is 0 Å². The van der Waals surface area contributed by atoms with E-state index in [4.69, 9.17) is 20.8 Å². The Morgan fingerprint density at radius 3 is 2.62 bits per heavy atom. The maximum Gasteiger partial charge on any atom is 0.135 e. The van der Waals surface area contributed by atoms with Crippen LogP contribution in [0.25, 0.3) is 22.1 Å². The van der Waals surface area contributed by atoms with Crippen molar-refractivity contribution >= 4 is 22.6 Å². The molecule has 126 valence electrons. The number of rotatable bonds is 7. The van der Waals surface area contributed by atoms with Crippen LogP contribution in [0.15, 0.2) is 46.9 Å². The van der Waals surface area contributed by atoms with Crippen LogP contribution in [-0.4, -0.2) is 20.3 Å². The zero-order valence-corrected chi connectivity index (χ0v) is 14.8. The molecule has 0 aliphatic carbocycles. The number of fused-ring (bicyclic) bond motifs is 1. The molecule has 0 aliphatic heterocycles. The van der Waals surface area contributed by atoms with Crippen LogP contribution in [0.1, 0.15) is 18.2 Å². The van der Waals surface area contributed by atoms with Crippen molar-refractivity contribution in [3.8, 4) is 11.1 Å². The number of benzene rings is 2. The van der Waals surface area contributed by atoms with Gasteiger partial charge in [-0.2, -0.15) is 0 Å². The second-order valence-electron chi connectivity index (χ2n) is 5.76. The highest BCUT2D eigenvalue weighted by Gasteiger charge is 2.16. The van der Waals surface area contributed by atoms with Crippen LogP contribution in [0.3, 0.4) is 0 Å². The molecule has 0 spiro atoms. The molecule has 0 amide bonds. The molecule has 3 nitrogen and oxygen atoms in total. The second-order valence-corrected chi connectivity index (χ2v) is 6.20. The minimum atomic E-state index is 0.664. The summed E-state index contributed by atoms with van der Waals surface area (Å²) in [7, 11) is 1.70. The molecule has 0 saturated carbocycles. The summed E-state index contributed by atoms with van der Waals surface area (Å²) >= 11 is 6.05. The summed E-state index contributed by atoms with van der Waals surface area (Å²) in [6.45, 7) is 4.29. The first-order chi connectivity index (χ1) is 11.7.